The summed E-state index contributed by atoms with van der Waals surface area (Å²) < 4.78 is 0. The first-order valence-electron chi connectivity index (χ1n) is 6.68. The minimum Gasteiger partial charge on any atom is -0.478 e. The summed E-state index contributed by atoms with van der Waals surface area (Å²) in [7, 11) is 0. The third-order valence-corrected chi connectivity index (χ3v) is 3.85. The van der Waals surface area contributed by atoms with Crippen LogP contribution in [0.3, 0.4) is 0 Å². The molecule has 108 valence electrons. The van der Waals surface area contributed by atoms with Crippen LogP contribution < -0.4 is 4.90 Å². The zero-order valence-corrected chi connectivity index (χ0v) is 11.6. The standard InChI is InChI=1S/C14H18N2O4/c1-9-3-4-10(2)15(8-9)13-7-11(16(19)20)5-6-12(13)14(17)18/h5-7,9-10H,3-4,8H2,1-2H3,(H,17,18). The Kier molecular flexibility index (Phi) is 3.92. The van der Waals surface area contributed by atoms with Crippen molar-refractivity contribution in [2.24, 2.45) is 5.92 Å². The minimum absolute atomic E-state index is 0.0737. The van der Waals surface area contributed by atoms with Gasteiger partial charge in [-0.25, -0.2) is 4.79 Å². The Labute approximate surface area is 117 Å². The van der Waals surface area contributed by atoms with Crippen LogP contribution in [0.2, 0.25) is 0 Å². The molecule has 1 aliphatic rings. The van der Waals surface area contributed by atoms with E-state index >= 15 is 0 Å². The van der Waals surface area contributed by atoms with E-state index in [-0.39, 0.29) is 17.3 Å². The Morgan fingerprint density at radius 1 is 1.40 bits per heavy atom. The molecule has 2 rings (SSSR count). The molecule has 6 nitrogen and oxygen atoms in total. The predicted octanol–water partition coefficient (Wildman–Crippen LogP) is 2.92. The molecule has 0 radical (unpaired) electrons. The maximum Gasteiger partial charge on any atom is 0.337 e. The van der Waals surface area contributed by atoms with Crippen molar-refractivity contribution < 1.29 is 14.8 Å². The van der Waals surface area contributed by atoms with Gasteiger partial charge in [-0.05, 0) is 31.7 Å². The SMILES string of the molecule is CC1CCC(C)N(c2cc([N+](=O)[O-])ccc2C(=O)O)C1. The van der Waals surface area contributed by atoms with Crippen LogP contribution in [0, 0.1) is 16.0 Å². The van der Waals surface area contributed by atoms with Gasteiger partial charge in [0.15, 0.2) is 0 Å². The summed E-state index contributed by atoms with van der Waals surface area (Å²) in [5.74, 6) is -0.604. The predicted molar refractivity (Wildman–Crippen MR) is 75.3 cm³/mol. The molecule has 1 aromatic carbocycles. The van der Waals surface area contributed by atoms with Gasteiger partial charge in [0.2, 0.25) is 0 Å². The number of nitro groups is 1. The van der Waals surface area contributed by atoms with Crippen LogP contribution >= 0.6 is 0 Å². The van der Waals surface area contributed by atoms with Crippen molar-refractivity contribution in [3.63, 3.8) is 0 Å². The second-order valence-corrected chi connectivity index (χ2v) is 5.45. The average molecular weight is 278 g/mol. The van der Waals surface area contributed by atoms with Crippen LogP contribution in [0.4, 0.5) is 11.4 Å². The van der Waals surface area contributed by atoms with Crippen molar-refractivity contribution in [1.82, 2.24) is 0 Å². The number of carboxylic acid groups (broad SMARTS) is 1. The summed E-state index contributed by atoms with van der Waals surface area (Å²) in [6.07, 6.45) is 2.05. The molecule has 1 N–H and O–H groups in total. The smallest absolute Gasteiger partial charge is 0.337 e. The third kappa shape index (κ3) is 2.74. The van der Waals surface area contributed by atoms with Gasteiger partial charge in [0.25, 0.3) is 5.69 Å². The van der Waals surface area contributed by atoms with Crippen LogP contribution in [0.1, 0.15) is 37.0 Å². The number of hydrogen-bond acceptors (Lipinski definition) is 4. The number of nitro benzene ring substituents is 1. The van der Waals surface area contributed by atoms with E-state index < -0.39 is 10.9 Å². The summed E-state index contributed by atoms with van der Waals surface area (Å²) in [5, 5.41) is 20.2. The summed E-state index contributed by atoms with van der Waals surface area (Å²) in [4.78, 5) is 23.7. The summed E-state index contributed by atoms with van der Waals surface area (Å²) in [6, 6.07) is 4.12. The van der Waals surface area contributed by atoms with Crippen molar-refractivity contribution in [2.45, 2.75) is 32.7 Å². The largest absolute Gasteiger partial charge is 0.478 e. The second kappa shape index (κ2) is 5.48. The lowest BCUT2D eigenvalue weighted by atomic mass is 9.93. The Hall–Kier alpha value is -2.11. The van der Waals surface area contributed by atoms with Crippen molar-refractivity contribution in [3.8, 4) is 0 Å². The lowest BCUT2D eigenvalue weighted by Crippen LogP contribution is -2.41. The van der Waals surface area contributed by atoms with Crippen LogP contribution in [-0.4, -0.2) is 28.6 Å². The molecule has 0 spiro atoms. The van der Waals surface area contributed by atoms with Gasteiger partial charge in [-0.15, -0.1) is 0 Å². The van der Waals surface area contributed by atoms with Gasteiger partial charge in [0.1, 0.15) is 0 Å². The Bertz CT molecular complexity index is 544. The van der Waals surface area contributed by atoms with E-state index in [0.29, 0.717) is 11.6 Å². The van der Waals surface area contributed by atoms with Crippen molar-refractivity contribution in [1.29, 1.82) is 0 Å². The molecule has 1 aromatic rings. The van der Waals surface area contributed by atoms with Crippen LogP contribution in [0.25, 0.3) is 0 Å². The molecule has 2 atom stereocenters. The maximum atomic E-state index is 11.3. The molecule has 6 heteroatoms. The van der Waals surface area contributed by atoms with Crippen LogP contribution in [0.5, 0.6) is 0 Å². The van der Waals surface area contributed by atoms with Gasteiger partial charge >= 0.3 is 5.97 Å². The maximum absolute atomic E-state index is 11.3. The van der Waals surface area contributed by atoms with Gasteiger partial charge in [-0.2, -0.15) is 0 Å². The van der Waals surface area contributed by atoms with Crippen molar-refractivity contribution >= 4 is 17.3 Å². The lowest BCUT2D eigenvalue weighted by Gasteiger charge is -2.39. The van der Waals surface area contributed by atoms with E-state index in [1.54, 1.807) is 0 Å². The molecule has 1 heterocycles. The number of aromatic carboxylic acids is 1. The highest BCUT2D eigenvalue weighted by Crippen LogP contribution is 2.32. The van der Waals surface area contributed by atoms with Gasteiger partial charge in [0, 0.05) is 24.7 Å². The van der Waals surface area contributed by atoms with Gasteiger partial charge in [-0.1, -0.05) is 6.92 Å². The molecule has 0 aromatic heterocycles. The Balaban J connectivity index is 2.48. The van der Waals surface area contributed by atoms with Crippen LogP contribution in [0.15, 0.2) is 18.2 Å². The quantitative estimate of drug-likeness (QED) is 0.679. The first-order chi connectivity index (χ1) is 9.40. The number of piperidine rings is 1. The van der Waals surface area contributed by atoms with E-state index in [0.717, 1.165) is 19.4 Å². The molecular weight excluding hydrogens is 260 g/mol. The number of rotatable bonds is 3. The number of anilines is 1. The molecule has 0 bridgehead atoms. The number of hydrogen-bond donors (Lipinski definition) is 1. The minimum atomic E-state index is -1.06. The topological polar surface area (TPSA) is 83.7 Å². The second-order valence-electron chi connectivity index (χ2n) is 5.45. The molecule has 0 amide bonds. The Morgan fingerprint density at radius 3 is 2.70 bits per heavy atom. The summed E-state index contributed by atoms with van der Waals surface area (Å²) in [6.45, 7) is 4.86. The number of carbonyl (C=O) groups is 1. The van der Waals surface area contributed by atoms with Crippen molar-refractivity contribution in [3.05, 3.63) is 33.9 Å². The zero-order chi connectivity index (χ0) is 14.9. The highest BCUT2D eigenvalue weighted by molar-refractivity contribution is 5.95. The molecule has 0 saturated carbocycles. The van der Waals surface area contributed by atoms with E-state index in [2.05, 4.69) is 6.92 Å². The third-order valence-electron chi connectivity index (χ3n) is 3.85. The molecule has 1 fully saturated rings. The van der Waals surface area contributed by atoms with E-state index in [9.17, 15) is 20.0 Å². The number of nitrogens with zero attached hydrogens (tertiary/aromatic N) is 2. The fourth-order valence-electron chi connectivity index (χ4n) is 2.68. The Morgan fingerprint density at radius 2 is 2.10 bits per heavy atom. The fourth-order valence-corrected chi connectivity index (χ4v) is 2.68. The van der Waals surface area contributed by atoms with Gasteiger partial charge in [0.05, 0.1) is 16.2 Å². The lowest BCUT2D eigenvalue weighted by molar-refractivity contribution is -0.384. The zero-order valence-electron chi connectivity index (χ0n) is 11.6. The van der Waals surface area contributed by atoms with E-state index in [1.165, 1.54) is 18.2 Å². The van der Waals surface area contributed by atoms with Crippen molar-refractivity contribution in [2.75, 3.05) is 11.4 Å². The van der Waals surface area contributed by atoms with Crippen LogP contribution in [-0.2, 0) is 0 Å². The van der Waals surface area contributed by atoms with E-state index in [4.69, 9.17) is 0 Å². The summed E-state index contributed by atoms with van der Waals surface area (Å²) >= 11 is 0. The molecule has 20 heavy (non-hydrogen) atoms. The normalized spacial score (nSPS) is 22.6. The number of carboxylic acids is 1. The number of non-ortho nitro benzene ring substituents is 1. The monoisotopic (exact) mass is 278 g/mol. The van der Waals surface area contributed by atoms with Gasteiger partial charge < -0.3 is 10.0 Å². The molecule has 1 saturated heterocycles. The van der Waals surface area contributed by atoms with Gasteiger partial charge in [-0.3, -0.25) is 10.1 Å². The molecule has 1 aliphatic heterocycles. The first-order valence-corrected chi connectivity index (χ1v) is 6.68. The van der Waals surface area contributed by atoms with E-state index in [1.807, 2.05) is 11.8 Å². The molecule has 0 aliphatic carbocycles. The number of benzene rings is 1. The molecular formula is C14H18N2O4. The average Bonchev–Trinajstić information content (AvgIpc) is 2.40. The fraction of sp³-hybridized carbons (Fsp3) is 0.500. The highest BCUT2D eigenvalue weighted by atomic mass is 16.6. The molecule has 2 unspecified atom stereocenters. The highest BCUT2D eigenvalue weighted by Gasteiger charge is 2.27. The first kappa shape index (κ1) is 14.3. The summed E-state index contributed by atoms with van der Waals surface area (Å²) in [5.41, 5.74) is 0.498.